The highest BCUT2D eigenvalue weighted by atomic mass is 16.2. The molecule has 2 rings (SSSR count). The zero-order valence-electron chi connectivity index (χ0n) is 13.7. The zero-order chi connectivity index (χ0) is 16.2. The van der Waals surface area contributed by atoms with Crippen molar-refractivity contribution >= 4 is 16.9 Å². The van der Waals surface area contributed by atoms with Crippen molar-refractivity contribution in [2.45, 2.75) is 52.1 Å². The lowest BCUT2D eigenvalue weighted by Crippen LogP contribution is -2.51. The van der Waals surface area contributed by atoms with E-state index in [4.69, 9.17) is 5.73 Å². The molecule has 3 N–H and O–H groups in total. The highest BCUT2D eigenvalue weighted by Gasteiger charge is 2.26. The van der Waals surface area contributed by atoms with Crippen LogP contribution < -0.4 is 11.1 Å². The van der Waals surface area contributed by atoms with Gasteiger partial charge in [-0.15, -0.1) is 0 Å². The van der Waals surface area contributed by atoms with Gasteiger partial charge in [0.25, 0.3) is 0 Å². The van der Waals surface area contributed by atoms with Crippen molar-refractivity contribution in [2.24, 2.45) is 5.73 Å². The van der Waals surface area contributed by atoms with Gasteiger partial charge in [0.2, 0.25) is 5.91 Å². The van der Waals surface area contributed by atoms with Crippen molar-refractivity contribution in [1.82, 2.24) is 14.9 Å². The number of carbonyl (C=O) groups excluding carboxylic acids is 1. The number of nitrogens with zero attached hydrogens (tertiary/aromatic N) is 2. The van der Waals surface area contributed by atoms with Crippen LogP contribution in [0.3, 0.4) is 0 Å². The average Bonchev–Trinajstić information content (AvgIpc) is 2.84. The first-order valence-corrected chi connectivity index (χ1v) is 8.01. The van der Waals surface area contributed by atoms with Crippen molar-refractivity contribution in [1.29, 1.82) is 0 Å². The molecule has 22 heavy (non-hydrogen) atoms. The van der Waals surface area contributed by atoms with E-state index in [1.807, 2.05) is 25.1 Å². The number of nitrogens with one attached hydrogen (secondary N) is 1. The predicted molar refractivity (Wildman–Crippen MR) is 89.6 cm³/mol. The molecule has 0 saturated heterocycles. The van der Waals surface area contributed by atoms with Crippen LogP contribution in [0, 0.1) is 0 Å². The van der Waals surface area contributed by atoms with Crippen molar-refractivity contribution in [3.63, 3.8) is 0 Å². The van der Waals surface area contributed by atoms with Crippen molar-refractivity contribution in [3.05, 3.63) is 30.1 Å². The number of aromatic nitrogens is 2. The minimum absolute atomic E-state index is 0.0893. The van der Waals surface area contributed by atoms with Crippen LogP contribution in [0.15, 0.2) is 24.3 Å². The minimum Gasteiger partial charge on any atom is -0.354 e. The first-order valence-electron chi connectivity index (χ1n) is 8.01. The first kappa shape index (κ1) is 16.5. The number of benzene rings is 1. The summed E-state index contributed by atoms with van der Waals surface area (Å²) < 4.78 is 2.19. The highest BCUT2D eigenvalue weighted by molar-refractivity contribution is 5.85. The lowest BCUT2D eigenvalue weighted by molar-refractivity contribution is -0.126. The van der Waals surface area contributed by atoms with E-state index < -0.39 is 5.54 Å². The predicted octanol–water partition coefficient (Wildman–Crippen LogP) is 2.23. The standard InChI is InChI=1S/C17H26N4O/c1-4-11-17(3,18)16(22)19-12-10-15-20-13-8-6-7-9-14(13)21(15)5-2/h6-9H,4-5,10-12,18H2,1-3H3,(H,19,22). The Kier molecular flexibility index (Phi) is 5.19. The third kappa shape index (κ3) is 3.47. The van der Waals surface area contributed by atoms with E-state index >= 15 is 0 Å². The maximum atomic E-state index is 12.1. The summed E-state index contributed by atoms with van der Waals surface area (Å²) in [6.45, 7) is 7.34. The maximum absolute atomic E-state index is 12.1. The van der Waals surface area contributed by atoms with Gasteiger partial charge in [0, 0.05) is 19.5 Å². The van der Waals surface area contributed by atoms with Crippen LogP contribution in [-0.2, 0) is 17.8 Å². The van der Waals surface area contributed by atoms with Gasteiger partial charge in [-0.25, -0.2) is 4.98 Å². The molecule has 1 unspecified atom stereocenters. The molecule has 1 aromatic carbocycles. The number of rotatable bonds is 7. The third-order valence-electron chi connectivity index (χ3n) is 3.97. The minimum atomic E-state index is -0.792. The van der Waals surface area contributed by atoms with Crippen molar-refractivity contribution < 1.29 is 4.79 Å². The van der Waals surface area contributed by atoms with Gasteiger partial charge in [0.1, 0.15) is 5.82 Å². The zero-order valence-corrected chi connectivity index (χ0v) is 13.7. The second-order valence-corrected chi connectivity index (χ2v) is 5.93. The summed E-state index contributed by atoms with van der Waals surface area (Å²) in [5.74, 6) is 0.909. The van der Waals surface area contributed by atoms with Gasteiger partial charge in [0.05, 0.1) is 16.6 Å². The van der Waals surface area contributed by atoms with Crippen LogP contribution in [0.5, 0.6) is 0 Å². The van der Waals surface area contributed by atoms with E-state index in [-0.39, 0.29) is 5.91 Å². The molecular formula is C17H26N4O. The first-order chi connectivity index (χ1) is 10.5. The molecule has 0 aliphatic rings. The largest absolute Gasteiger partial charge is 0.354 e. The summed E-state index contributed by atoms with van der Waals surface area (Å²) in [6, 6.07) is 8.10. The number of aryl methyl sites for hydroxylation is 1. The molecule has 0 aliphatic heterocycles. The van der Waals surface area contributed by atoms with E-state index in [1.54, 1.807) is 6.92 Å². The molecule has 2 aromatic rings. The maximum Gasteiger partial charge on any atom is 0.239 e. The van der Waals surface area contributed by atoms with Gasteiger partial charge in [0.15, 0.2) is 0 Å². The number of amides is 1. The average molecular weight is 302 g/mol. The van der Waals surface area contributed by atoms with Gasteiger partial charge in [-0.3, -0.25) is 4.79 Å². The smallest absolute Gasteiger partial charge is 0.239 e. The number of hydrogen-bond donors (Lipinski definition) is 2. The number of nitrogens with two attached hydrogens (primary N) is 1. The van der Waals surface area contributed by atoms with Crippen LogP contribution in [-0.4, -0.2) is 27.5 Å². The lowest BCUT2D eigenvalue weighted by Gasteiger charge is -2.22. The van der Waals surface area contributed by atoms with E-state index in [1.165, 1.54) is 0 Å². The lowest BCUT2D eigenvalue weighted by atomic mass is 9.96. The molecule has 0 fully saturated rings. The summed E-state index contributed by atoms with van der Waals surface area (Å²) in [5.41, 5.74) is 7.38. The molecule has 1 amide bonds. The molecule has 0 bridgehead atoms. The van der Waals surface area contributed by atoms with Gasteiger partial charge in [-0.05, 0) is 32.4 Å². The third-order valence-corrected chi connectivity index (χ3v) is 3.97. The Morgan fingerprint density at radius 3 is 2.77 bits per heavy atom. The summed E-state index contributed by atoms with van der Waals surface area (Å²) in [7, 11) is 0. The molecule has 1 heterocycles. The van der Waals surface area contributed by atoms with Gasteiger partial charge >= 0.3 is 0 Å². The molecule has 0 spiro atoms. The molecular weight excluding hydrogens is 276 g/mol. The molecule has 0 radical (unpaired) electrons. The summed E-state index contributed by atoms with van der Waals surface area (Å²) in [4.78, 5) is 16.8. The molecule has 1 atom stereocenters. The fourth-order valence-corrected chi connectivity index (χ4v) is 2.79. The number of fused-ring (bicyclic) bond motifs is 1. The Morgan fingerprint density at radius 2 is 2.09 bits per heavy atom. The Morgan fingerprint density at radius 1 is 1.36 bits per heavy atom. The number of imidazole rings is 1. The summed E-state index contributed by atoms with van der Waals surface area (Å²) in [6.07, 6.45) is 2.29. The van der Waals surface area contributed by atoms with Crippen LogP contribution in [0.1, 0.15) is 39.4 Å². The fraction of sp³-hybridized carbons (Fsp3) is 0.529. The molecule has 1 aromatic heterocycles. The summed E-state index contributed by atoms with van der Waals surface area (Å²) in [5, 5.41) is 2.93. The van der Waals surface area contributed by atoms with Gasteiger partial charge in [-0.2, -0.15) is 0 Å². The second-order valence-electron chi connectivity index (χ2n) is 5.93. The number of para-hydroxylation sites is 2. The number of carbonyl (C=O) groups is 1. The van der Waals surface area contributed by atoms with Crippen LogP contribution in [0.25, 0.3) is 11.0 Å². The molecule has 0 saturated carbocycles. The number of hydrogen-bond acceptors (Lipinski definition) is 3. The van der Waals surface area contributed by atoms with Gasteiger partial charge in [-0.1, -0.05) is 25.5 Å². The monoisotopic (exact) mass is 302 g/mol. The van der Waals surface area contributed by atoms with Gasteiger partial charge < -0.3 is 15.6 Å². The summed E-state index contributed by atoms with van der Waals surface area (Å²) >= 11 is 0. The SMILES string of the molecule is CCCC(C)(N)C(=O)NCCc1nc2ccccc2n1CC. The second kappa shape index (κ2) is 6.92. The quantitative estimate of drug-likeness (QED) is 0.824. The Labute approximate surface area is 131 Å². The van der Waals surface area contributed by atoms with Crippen molar-refractivity contribution in [2.75, 3.05) is 6.54 Å². The Bertz CT molecular complexity index is 645. The van der Waals surface area contributed by atoms with Crippen LogP contribution in [0.4, 0.5) is 0 Å². The normalized spacial score (nSPS) is 14.0. The van der Waals surface area contributed by atoms with Crippen LogP contribution >= 0.6 is 0 Å². The topological polar surface area (TPSA) is 72.9 Å². The van der Waals surface area contributed by atoms with Crippen molar-refractivity contribution in [3.8, 4) is 0 Å². The van der Waals surface area contributed by atoms with Crippen LogP contribution in [0.2, 0.25) is 0 Å². The molecule has 5 nitrogen and oxygen atoms in total. The molecule has 5 heteroatoms. The molecule has 120 valence electrons. The van der Waals surface area contributed by atoms with E-state index in [2.05, 4.69) is 27.9 Å². The van der Waals surface area contributed by atoms with E-state index in [0.29, 0.717) is 19.4 Å². The Balaban J connectivity index is 2.02. The van der Waals surface area contributed by atoms with E-state index in [9.17, 15) is 4.79 Å². The van der Waals surface area contributed by atoms with E-state index in [0.717, 1.165) is 29.8 Å². The Hall–Kier alpha value is -1.88. The molecule has 0 aliphatic carbocycles. The highest BCUT2D eigenvalue weighted by Crippen LogP contribution is 2.16. The fourth-order valence-electron chi connectivity index (χ4n) is 2.79.